The molecule has 8 heteroatoms. The van der Waals surface area contributed by atoms with Gasteiger partial charge in [-0.25, -0.2) is 4.79 Å². The normalized spacial score (nSPS) is 21.2. The number of amides is 2. The van der Waals surface area contributed by atoms with Crippen molar-refractivity contribution in [2.24, 2.45) is 0 Å². The van der Waals surface area contributed by atoms with Crippen molar-refractivity contribution in [3.63, 3.8) is 0 Å². The van der Waals surface area contributed by atoms with Crippen LogP contribution in [0, 0.1) is 0 Å². The molecule has 1 atom stereocenters. The average molecular weight is 397 g/mol. The minimum Gasteiger partial charge on any atom is -0.462 e. The van der Waals surface area contributed by atoms with Gasteiger partial charge in [0.25, 0.3) is 0 Å². The number of hydrogen-bond acceptors (Lipinski definition) is 6. The van der Waals surface area contributed by atoms with Crippen LogP contribution in [0.15, 0.2) is 0 Å². The van der Waals surface area contributed by atoms with Gasteiger partial charge in [0, 0.05) is 10.6 Å². The minimum absolute atomic E-state index is 0.251. The van der Waals surface area contributed by atoms with Gasteiger partial charge in [-0.3, -0.25) is 9.59 Å². The number of esters is 1. The number of ether oxygens (including phenoxy) is 1. The van der Waals surface area contributed by atoms with Crippen LogP contribution in [0.2, 0.25) is 0 Å². The largest absolute Gasteiger partial charge is 0.462 e. The van der Waals surface area contributed by atoms with E-state index in [9.17, 15) is 14.4 Å². The summed E-state index contributed by atoms with van der Waals surface area (Å²) >= 11 is 3.04. The minimum atomic E-state index is -0.540. The maximum atomic E-state index is 12.8. The van der Waals surface area contributed by atoms with E-state index in [2.05, 4.69) is 5.32 Å². The number of carbonyl (C=O) groups is 3. The van der Waals surface area contributed by atoms with Crippen LogP contribution in [0.1, 0.15) is 54.4 Å². The Kier molecular flexibility index (Phi) is 5.62. The highest BCUT2D eigenvalue weighted by molar-refractivity contribution is 8.00. The van der Waals surface area contributed by atoms with E-state index in [1.54, 1.807) is 23.6 Å². The van der Waals surface area contributed by atoms with Gasteiger partial charge >= 0.3 is 5.97 Å². The second kappa shape index (κ2) is 7.60. The Bertz CT molecular complexity index is 729. The molecule has 1 aliphatic carbocycles. The SMILES string of the molecule is CCOC(=O)c1c(NC(=O)C2CSC(C)(C)N2C=O)sc2c1CCCC2. The highest BCUT2D eigenvalue weighted by Crippen LogP contribution is 2.41. The molecular weight excluding hydrogens is 372 g/mol. The first kappa shape index (κ1) is 19.2. The van der Waals surface area contributed by atoms with E-state index in [-0.39, 0.29) is 11.9 Å². The van der Waals surface area contributed by atoms with Crippen LogP contribution >= 0.6 is 23.1 Å². The average Bonchev–Trinajstić information content (AvgIpc) is 3.10. The van der Waals surface area contributed by atoms with Gasteiger partial charge in [0.1, 0.15) is 11.0 Å². The predicted molar refractivity (Wildman–Crippen MR) is 104 cm³/mol. The van der Waals surface area contributed by atoms with Crippen LogP contribution in [0.5, 0.6) is 0 Å². The number of rotatable bonds is 5. The van der Waals surface area contributed by atoms with Crippen LogP contribution in [-0.2, 0) is 27.2 Å². The van der Waals surface area contributed by atoms with Crippen molar-refractivity contribution in [2.45, 2.75) is 57.4 Å². The molecule has 1 fully saturated rings. The van der Waals surface area contributed by atoms with Gasteiger partial charge < -0.3 is 15.0 Å². The molecule has 6 nitrogen and oxygen atoms in total. The zero-order valence-electron chi connectivity index (χ0n) is 15.3. The summed E-state index contributed by atoms with van der Waals surface area (Å²) in [5, 5.41) is 3.47. The number of hydrogen-bond donors (Lipinski definition) is 1. The Hall–Kier alpha value is -1.54. The Labute approximate surface area is 161 Å². The van der Waals surface area contributed by atoms with Gasteiger partial charge in [0.05, 0.1) is 17.0 Å². The van der Waals surface area contributed by atoms with Gasteiger partial charge in [-0.05, 0) is 52.0 Å². The first-order valence-electron chi connectivity index (χ1n) is 8.89. The standard InChI is InChI=1S/C18H24N2O4S2/c1-4-24-17(23)14-11-7-5-6-8-13(11)26-16(14)19-15(22)12-9-25-18(2,3)20(12)10-21/h10,12H,4-9H2,1-3H3,(H,19,22). The molecular formula is C18H24N2O4S2. The number of nitrogens with zero attached hydrogens (tertiary/aromatic N) is 1. The van der Waals surface area contributed by atoms with Crippen LogP contribution in [0.3, 0.4) is 0 Å². The second-order valence-corrected chi connectivity index (χ2v) is 9.64. The third-order valence-electron chi connectivity index (χ3n) is 4.86. The van der Waals surface area contributed by atoms with E-state index >= 15 is 0 Å². The Morgan fingerprint density at radius 1 is 1.35 bits per heavy atom. The summed E-state index contributed by atoms with van der Waals surface area (Å²) in [6.07, 6.45) is 4.62. The van der Waals surface area contributed by atoms with Crippen molar-refractivity contribution in [1.82, 2.24) is 4.90 Å². The molecule has 2 amide bonds. The third kappa shape index (κ3) is 3.49. The molecule has 0 radical (unpaired) electrons. The Morgan fingerprint density at radius 3 is 2.77 bits per heavy atom. The molecule has 1 unspecified atom stereocenters. The first-order valence-corrected chi connectivity index (χ1v) is 10.7. The van der Waals surface area contributed by atoms with E-state index in [1.165, 1.54) is 11.3 Å². The third-order valence-corrected chi connectivity index (χ3v) is 7.46. The van der Waals surface area contributed by atoms with Gasteiger partial charge in [0.2, 0.25) is 12.3 Å². The van der Waals surface area contributed by atoms with Crippen molar-refractivity contribution < 1.29 is 19.1 Å². The van der Waals surface area contributed by atoms with E-state index in [0.29, 0.717) is 22.9 Å². The molecule has 1 N–H and O–H groups in total. The van der Waals surface area contributed by atoms with Crippen molar-refractivity contribution in [3.05, 3.63) is 16.0 Å². The number of fused-ring (bicyclic) bond motifs is 1. The van der Waals surface area contributed by atoms with Crippen LogP contribution in [0.25, 0.3) is 0 Å². The van der Waals surface area contributed by atoms with Gasteiger partial charge in [-0.1, -0.05) is 0 Å². The topological polar surface area (TPSA) is 75.7 Å². The number of nitrogens with one attached hydrogen (secondary N) is 1. The summed E-state index contributed by atoms with van der Waals surface area (Å²) in [6.45, 7) is 5.92. The zero-order valence-corrected chi connectivity index (χ0v) is 16.9. The molecule has 3 rings (SSSR count). The van der Waals surface area contributed by atoms with E-state index in [4.69, 9.17) is 4.74 Å². The quantitative estimate of drug-likeness (QED) is 0.612. The zero-order chi connectivity index (χ0) is 18.9. The molecule has 1 saturated heterocycles. The van der Waals surface area contributed by atoms with Crippen LogP contribution < -0.4 is 5.32 Å². The lowest BCUT2D eigenvalue weighted by molar-refractivity contribution is -0.130. The lowest BCUT2D eigenvalue weighted by Gasteiger charge is -2.30. The number of carbonyl (C=O) groups excluding carboxylic acids is 3. The lowest BCUT2D eigenvalue weighted by Crippen LogP contribution is -2.47. The molecule has 2 heterocycles. The van der Waals surface area contributed by atoms with Crippen LogP contribution in [0.4, 0.5) is 5.00 Å². The monoisotopic (exact) mass is 396 g/mol. The molecule has 0 spiro atoms. The maximum Gasteiger partial charge on any atom is 0.341 e. The molecule has 26 heavy (non-hydrogen) atoms. The fourth-order valence-electron chi connectivity index (χ4n) is 3.48. The van der Waals surface area contributed by atoms with Crippen molar-refractivity contribution >= 4 is 46.4 Å². The van der Waals surface area contributed by atoms with E-state index < -0.39 is 10.9 Å². The fraction of sp³-hybridized carbons (Fsp3) is 0.611. The number of thiophene rings is 1. The summed E-state index contributed by atoms with van der Waals surface area (Å²) < 4.78 is 5.22. The molecule has 1 aliphatic heterocycles. The maximum absolute atomic E-state index is 12.8. The summed E-state index contributed by atoms with van der Waals surface area (Å²) in [6, 6.07) is -0.540. The Balaban J connectivity index is 1.87. The highest BCUT2D eigenvalue weighted by Gasteiger charge is 2.43. The van der Waals surface area contributed by atoms with Gasteiger partial charge in [-0.15, -0.1) is 23.1 Å². The smallest absolute Gasteiger partial charge is 0.341 e. The molecule has 1 aromatic rings. The molecule has 0 bridgehead atoms. The van der Waals surface area contributed by atoms with Crippen molar-refractivity contribution in [3.8, 4) is 0 Å². The second-order valence-electron chi connectivity index (χ2n) is 6.91. The summed E-state index contributed by atoms with van der Waals surface area (Å²) in [5.74, 6) is -0.0906. The van der Waals surface area contributed by atoms with Gasteiger partial charge in [0.15, 0.2) is 0 Å². The molecule has 142 valence electrons. The Morgan fingerprint density at radius 2 is 2.08 bits per heavy atom. The fourth-order valence-corrected chi connectivity index (χ4v) is 5.96. The molecule has 0 aromatic carbocycles. The summed E-state index contributed by atoms with van der Waals surface area (Å²) in [7, 11) is 0. The summed E-state index contributed by atoms with van der Waals surface area (Å²) in [5.41, 5.74) is 1.52. The number of aryl methyl sites for hydroxylation is 1. The predicted octanol–water partition coefficient (Wildman–Crippen LogP) is 3.05. The summed E-state index contributed by atoms with van der Waals surface area (Å²) in [4.78, 5) is 39.1. The first-order chi connectivity index (χ1) is 12.4. The highest BCUT2D eigenvalue weighted by atomic mass is 32.2. The van der Waals surface area contributed by atoms with Crippen molar-refractivity contribution in [2.75, 3.05) is 17.7 Å². The number of thioether (sulfide) groups is 1. The van der Waals surface area contributed by atoms with E-state index in [0.717, 1.165) is 42.5 Å². The number of anilines is 1. The molecule has 2 aliphatic rings. The van der Waals surface area contributed by atoms with Crippen LogP contribution in [-0.4, -0.2) is 46.5 Å². The van der Waals surface area contributed by atoms with E-state index in [1.807, 2.05) is 13.8 Å². The van der Waals surface area contributed by atoms with Crippen molar-refractivity contribution in [1.29, 1.82) is 0 Å². The lowest BCUT2D eigenvalue weighted by atomic mass is 9.95. The van der Waals surface area contributed by atoms with Gasteiger partial charge in [-0.2, -0.15) is 0 Å². The molecule has 0 saturated carbocycles. The molecule has 1 aromatic heterocycles.